The number of amides is 1. The molecule has 1 amide bonds. The first-order chi connectivity index (χ1) is 9.54. The van der Waals surface area contributed by atoms with E-state index in [-0.39, 0.29) is 12.5 Å². The normalized spacial score (nSPS) is 10.3. The fourth-order valence-electron chi connectivity index (χ4n) is 1.64. The van der Waals surface area contributed by atoms with Crippen molar-refractivity contribution < 1.29 is 9.18 Å². The minimum Gasteiger partial charge on any atom is -0.350 e. The van der Waals surface area contributed by atoms with Crippen molar-refractivity contribution in [2.24, 2.45) is 0 Å². The first-order valence-corrected chi connectivity index (χ1v) is 6.29. The number of nitrogens with one attached hydrogen (secondary N) is 1. The Morgan fingerprint density at radius 1 is 1.20 bits per heavy atom. The highest BCUT2D eigenvalue weighted by Gasteiger charge is 2.05. The quantitative estimate of drug-likeness (QED) is 0.937. The van der Waals surface area contributed by atoms with E-state index < -0.39 is 11.4 Å². The first kappa shape index (κ1) is 14.3. The summed E-state index contributed by atoms with van der Waals surface area (Å²) in [6.45, 7) is 0.101. The van der Waals surface area contributed by atoms with Crippen LogP contribution >= 0.6 is 11.6 Å². The second-order valence-corrected chi connectivity index (χ2v) is 4.65. The summed E-state index contributed by atoms with van der Waals surface area (Å²) < 4.78 is 14.0. The van der Waals surface area contributed by atoms with Crippen molar-refractivity contribution in [3.63, 3.8) is 0 Å². The molecule has 0 aliphatic carbocycles. The van der Waals surface area contributed by atoms with Gasteiger partial charge in [0.15, 0.2) is 0 Å². The van der Waals surface area contributed by atoms with Gasteiger partial charge in [-0.2, -0.15) is 0 Å². The SMILES string of the molecule is O=C(Cn1cc(F)ccc1=O)NCc1ccc(Cl)cc1. The van der Waals surface area contributed by atoms with Crippen LogP contribution in [0.2, 0.25) is 5.02 Å². The van der Waals surface area contributed by atoms with Crippen LogP contribution in [0, 0.1) is 5.82 Å². The number of halogens is 2. The summed E-state index contributed by atoms with van der Waals surface area (Å²) in [6.07, 6.45) is 1.00. The highest BCUT2D eigenvalue weighted by atomic mass is 35.5. The van der Waals surface area contributed by atoms with Crippen molar-refractivity contribution in [2.45, 2.75) is 13.1 Å². The molecule has 0 bridgehead atoms. The van der Waals surface area contributed by atoms with E-state index >= 15 is 0 Å². The van der Waals surface area contributed by atoms with Gasteiger partial charge in [-0.1, -0.05) is 23.7 Å². The van der Waals surface area contributed by atoms with E-state index in [1.54, 1.807) is 24.3 Å². The maximum atomic E-state index is 13.0. The van der Waals surface area contributed by atoms with Crippen molar-refractivity contribution in [3.8, 4) is 0 Å². The first-order valence-electron chi connectivity index (χ1n) is 5.92. The zero-order valence-electron chi connectivity index (χ0n) is 10.5. The predicted octanol–water partition coefficient (Wildman–Crippen LogP) is 1.96. The molecule has 0 saturated carbocycles. The van der Waals surface area contributed by atoms with Gasteiger partial charge in [-0.15, -0.1) is 0 Å². The molecule has 1 heterocycles. The van der Waals surface area contributed by atoms with Crippen LogP contribution in [0.1, 0.15) is 5.56 Å². The standard InChI is InChI=1S/C14H12ClFN2O2/c15-11-3-1-10(2-4-11)7-17-13(19)9-18-8-12(16)5-6-14(18)20/h1-6,8H,7,9H2,(H,17,19). The van der Waals surface area contributed by atoms with E-state index in [0.29, 0.717) is 11.6 Å². The van der Waals surface area contributed by atoms with Crippen LogP contribution in [0.5, 0.6) is 0 Å². The second kappa shape index (κ2) is 6.34. The van der Waals surface area contributed by atoms with Crippen molar-refractivity contribution in [3.05, 3.63) is 69.4 Å². The fourth-order valence-corrected chi connectivity index (χ4v) is 1.77. The van der Waals surface area contributed by atoms with Crippen LogP contribution in [0.15, 0.2) is 47.4 Å². The minimum absolute atomic E-state index is 0.218. The fraction of sp³-hybridized carbons (Fsp3) is 0.143. The van der Waals surface area contributed by atoms with Crippen LogP contribution in [0.25, 0.3) is 0 Å². The van der Waals surface area contributed by atoms with E-state index in [9.17, 15) is 14.0 Å². The van der Waals surface area contributed by atoms with Crippen molar-refractivity contribution in [1.29, 1.82) is 0 Å². The Morgan fingerprint density at radius 2 is 1.90 bits per heavy atom. The summed E-state index contributed by atoms with van der Waals surface area (Å²) in [5, 5.41) is 3.27. The molecule has 2 rings (SSSR count). The monoisotopic (exact) mass is 294 g/mol. The molecule has 0 fully saturated rings. The number of benzene rings is 1. The molecule has 4 nitrogen and oxygen atoms in total. The smallest absolute Gasteiger partial charge is 0.251 e. The average Bonchev–Trinajstić information content (AvgIpc) is 2.42. The van der Waals surface area contributed by atoms with E-state index in [4.69, 9.17) is 11.6 Å². The molecule has 0 unspecified atom stereocenters. The third-order valence-electron chi connectivity index (χ3n) is 2.66. The summed E-state index contributed by atoms with van der Waals surface area (Å²) >= 11 is 5.75. The molecule has 6 heteroatoms. The van der Waals surface area contributed by atoms with Crippen molar-refractivity contribution in [1.82, 2.24) is 9.88 Å². The van der Waals surface area contributed by atoms with Crippen LogP contribution in [0.4, 0.5) is 4.39 Å². The zero-order valence-corrected chi connectivity index (χ0v) is 11.2. The molecule has 1 aromatic carbocycles. The van der Waals surface area contributed by atoms with Gasteiger partial charge < -0.3 is 9.88 Å². The lowest BCUT2D eigenvalue weighted by molar-refractivity contribution is -0.121. The summed E-state index contributed by atoms with van der Waals surface area (Å²) in [5.41, 5.74) is 0.461. The zero-order chi connectivity index (χ0) is 14.5. The maximum Gasteiger partial charge on any atom is 0.251 e. The van der Waals surface area contributed by atoms with Crippen LogP contribution < -0.4 is 10.9 Å². The van der Waals surface area contributed by atoms with Gasteiger partial charge >= 0.3 is 0 Å². The number of aromatic nitrogens is 1. The third-order valence-corrected chi connectivity index (χ3v) is 2.92. The Morgan fingerprint density at radius 3 is 2.60 bits per heavy atom. The Balaban J connectivity index is 1.94. The van der Waals surface area contributed by atoms with Crippen LogP contribution in [0.3, 0.4) is 0 Å². The lowest BCUT2D eigenvalue weighted by Crippen LogP contribution is -2.31. The lowest BCUT2D eigenvalue weighted by Gasteiger charge is -2.07. The van der Waals surface area contributed by atoms with Gasteiger partial charge in [-0.3, -0.25) is 9.59 Å². The highest BCUT2D eigenvalue weighted by molar-refractivity contribution is 6.30. The number of hydrogen-bond acceptors (Lipinski definition) is 2. The van der Waals surface area contributed by atoms with Gasteiger partial charge in [-0.25, -0.2) is 4.39 Å². The molecule has 0 spiro atoms. The molecule has 104 valence electrons. The lowest BCUT2D eigenvalue weighted by atomic mass is 10.2. The van der Waals surface area contributed by atoms with Gasteiger partial charge in [0.05, 0.1) is 0 Å². The Labute approximate surface area is 119 Å². The summed E-state index contributed by atoms with van der Waals surface area (Å²) in [5.74, 6) is -0.928. The average molecular weight is 295 g/mol. The third kappa shape index (κ3) is 3.93. The Kier molecular flexibility index (Phi) is 4.53. The van der Waals surface area contributed by atoms with Gasteiger partial charge in [0.25, 0.3) is 5.56 Å². The number of rotatable bonds is 4. The van der Waals surface area contributed by atoms with Gasteiger partial charge in [0.1, 0.15) is 12.4 Å². The summed E-state index contributed by atoms with van der Waals surface area (Å²) in [7, 11) is 0. The predicted molar refractivity (Wildman–Crippen MR) is 74.0 cm³/mol. The van der Waals surface area contributed by atoms with Crippen LogP contribution in [-0.4, -0.2) is 10.5 Å². The summed E-state index contributed by atoms with van der Waals surface area (Å²) in [4.78, 5) is 23.1. The number of carbonyl (C=O) groups excluding carboxylic acids is 1. The second-order valence-electron chi connectivity index (χ2n) is 4.22. The minimum atomic E-state index is -0.560. The van der Waals surface area contributed by atoms with E-state index in [1.165, 1.54) is 0 Å². The number of pyridine rings is 1. The van der Waals surface area contributed by atoms with Crippen molar-refractivity contribution >= 4 is 17.5 Å². The molecule has 20 heavy (non-hydrogen) atoms. The molecule has 0 aliphatic heterocycles. The summed E-state index contributed by atoms with van der Waals surface area (Å²) in [6, 6.07) is 9.17. The molecule has 1 N–H and O–H groups in total. The number of hydrogen-bond donors (Lipinski definition) is 1. The molecular formula is C14H12ClFN2O2. The Hall–Kier alpha value is -2.14. The topological polar surface area (TPSA) is 51.1 Å². The van der Waals surface area contributed by atoms with E-state index in [1.807, 2.05) is 0 Å². The molecule has 1 aromatic heterocycles. The molecule has 0 saturated heterocycles. The molecular weight excluding hydrogens is 283 g/mol. The highest BCUT2D eigenvalue weighted by Crippen LogP contribution is 2.09. The van der Waals surface area contributed by atoms with Gasteiger partial charge in [-0.05, 0) is 23.8 Å². The largest absolute Gasteiger partial charge is 0.350 e. The molecule has 0 atom stereocenters. The van der Waals surface area contributed by atoms with E-state index in [2.05, 4.69) is 5.32 Å². The number of nitrogens with zero attached hydrogens (tertiary/aromatic N) is 1. The van der Waals surface area contributed by atoms with Crippen molar-refractivity contribution in [2.75, 3.05) is 0 Å². The molecule has 2 aromatic rings. The molecule has 0 radical (unpaired) electrons. The number of carbonyl (C=O) groups is 1. The Bertz CT molecular complexity index is 668. The molecule has 0 aliphatic rings. The maximum absolute atomic E-state index is 13.0. The van der Waals surface area contributed by atoms with Crippen LogP contribution in [-0.2, 0) is 17.9 Å². The van der Waals surface area contributed by atoms with E-state index in [0.717, 1.165) is 28.5 Å². The van der Waals surface area contributed by atoms with Gasteiger partial charge in [0, 0.05) is 23.8 Å². The van der Waals surface area contributed by atoms with Gasteiger partial charge in [0.2, 0.25) is 5.91 Å².